The Balaban J connectivity index is 2.51. The van der Waals surface area contributed by atoms with Crippen LogP contribution >= 0.6 is 0 Å². The number of hydrogen-bond acceptors (Lipinski definition) is 11. The summed E-state index contributed by atoms with van der Waals surface area (Å²) in [5.41, 5.74) is 0. The third-order valence-corrected chi connectivity index (χ3v) is 9.60. The molecule has 0 amide bonds. The molecule has 1 heterocycles. The van der Waals surface area contributed by atoms with Gasteiger partial charge in [0, 0.05) is 12.8 Å². The molecule has 13 heteroatoms. The van der Waals surface area contributed by atoms with Gasteiger partial charge in [0.15, 0.2) is 12.4 Å². The molecular formula is C37H68O12S. The zero-order valence-corrected chi connectivity index (χ0v) is 31.6. The first-order chi connectivity index (χ1) is 24.0. The Morgan fingerprint density at radius 2 is 1.14 bits per heavy atom. The van der Waals surface area contributed by atoms with E-state index in [9.17, 15) is 37.9 Å². The minimum absolute atomic E-state index is 0.147. The number of carbonyl (C=O) groups is 2. The lowest BCUT2D eigenvalue weighted by molar-refractivity contribution is -0.297. The molecular weight excluding hydrogens is 668 g/mol. The Bertz CT molecular complexity index is 1000. The summed E-state index contributed by atoms with van der Waals surface area (Å²) in [5, 5.41) is 30.7. The van der Waals surface area contributed by atoms with Crippen molar-refractivity contribution in [2.75, 3.05) is 19.0 Å². The fourth-order valence-corrected chi connectivity index (χ4v) is 6.48. The van der Waals surface area contributed by atoms with Crippen LogP contribution in [0.3, 0.4) is 0 Å². The molecule has 1 aliphatic rings. The first kappa shape index (κ1) is 46.4. The van der Waals surface area contributed by atoms with Gasteiger partial charge in [-0.3, -0.25) is 14.1 Å². The maximum Gasteiger partial charge on any atom is 0.306 e. The Labute approximate surface area is 301 Å². The van der Waals surface area contributed by atoms with Crippen LogP contribution in [0.2, 0.25) is 0 Å². The third-order valence-electron chi connectivity index (χ3n) is 8.85. The van der Waals surface area contributed by atoms with Crippen molar-refractivity contribution < 1.29 is 56.8 Å². The second kappa shape index (κ2) is 28.9. The van der Waals surface area contributed by atoms with Gasteiger partial charge in [0.25, 0.3) is 10.1 Å². The molecule has 0 radical (unpaired) electrons. The van der Waals surface area contributed by atoms with Crippen LogP contribution in [0.15, 0.2) is 12.2 Å². The molecule has 0 bridgehead atoms. The molecule has 0 spiro atoms. The van der Waals surface area contributed by atoms with E-state index in [4.69, 9.17) is 18.9 Å². The van der Waals surface area contributed by atoms with Crippen molar-refractivity contribution in [3.8, 4) is 0 Å². The summed E-state index contributed by atoms with van der Waals surface area (Å²) in [6, 6.07) is 0. The van der Waals surface area contributed by atoms with Crippen LogP contribution in [-0.4, -0.2) is 96.0 Å². The Kier molecular flexibility index (Phi) is 26.8. The first-order valence-corrected chi connectivity index (χ1v) is 20.9. The van der Waals surface area contributed by atoms with Crippen LogP contribution in [0.1, 0.15) is 155 Å². The van der Waals surface area contributed by atoms with Gasteiger partial charge in [-0.2, -0.15) is 8.42 Å². The van der Waals surface area contributed by atoms with Crippen LogP contribution in [-0.2, 0) is 38.7 Å². The normalized spacial score (nSPS) is 21.8. The highest BCUT2D eigenvalue weighted by atomic mass is 32.2. The molecule has 294 valence electrons. The van der Waals surface area contributed by atoms with Gasteiger partial charge in [0.05, 0.1) is 6.61 Å². The Hall–Kier alpha value is -1.61. The van der Waals surface area contributed by atoms with E-state index < -0.39 is 71.2 Å². The van der Waals surface area contributed by atoms with Crippen molar-refractivity contribution in [2.45, 2.75) is 192 Å². The van der Waals surface area contributed by atoms with Crippen molar-refractivity contribution in [3.63, 3.8) is 0 Å². The molecule has 50 heavy (non-hydrogen) atoms. The molecule has 1 aliphatic heterocycles. The van der Waals surface area contributed by atoms with E-state index in [0.717, 1.165) is 44.9 Å². The van der Waals surface area contributed by atoms with E-state index >= 15 is 0 Å². The number of ether oxygens (including phenoxy) is 4. The van der Waals surface area contributed by atoms with Gasteiger partial charge in [0.2, 0.25) is 0 Å². The van der Waals surface area contributed by atoms with Crippen molar-refractivity contribution in [1.82, 2.24) is 0 Å². The molecule has 1 rings (SSSR count). The highest BCUT2D eigenvalue weighted by Gasteiger charge is 2.46. The lowest BCUT2D eigenvalue weighted by atomic mass is 10.00. The maximum atomic E-state index is 12.7. The zero-order valence-electron chi connectivity index (χ0n) is 30.8. The van der Waals surface area contributed by atoms with Crippen LogP contribution in [0, 0.1) is 0 Å². The molecule has 4 N–H and O–H groups in total. The molecule has 0 aromatic rings. The van der Waals surface area contributed by atoms with Gasteiger partial charge in [-0.25, -0.2) is 0 Å². The quantitative estimate of drug-likeness (QED) is 0.0269. The summed E-state index contributed by atoms with van der Waals surface area (Å²) in [5.74, 6) is -2.01. The van der Waals surface area contributed by atoms with E-state index in [1.165, 1.54) is 70.6 Å². The summed E-state index contributed by atoms with van der Waals surface area (Å²) in [7, 11) is -4.59. The molecule has 0 aliphatic carbocycles. The minimum atomic E-state index is -4.59. The molecule has 12 nitrogen and oxygen atoms in total. The summed E-state index contributed by atoms with van der Waals surface area (Å²) >= 11 is 0. The number of rotatable bonds is 31. The average molecular weight is 737 g/mol. The third kappa shape index (κ3) is 23.8. The number of aliphatic hydroxyl groups excluding tert-OH is 3. The molecule has 2 unspecified atom stereocenters. The number of hydrogen-bond donors (Lipinski definition) is 4. The van der Waals surface area contributed by atoms with Gasteiger partial charge < -0.3 is 34.3 Å². The van der Waals surface area contributed by atoms with Crippen LogP contribution in [0.5, 0.6) is 0 Å². The lowest BCUT2D eigenvalue weighted by Crippen LogP contribution is -2.60. The Morgan fingerprint density at radius 3 is 1.68 bits per heavy atom. The molecule has 6 atom stereocenters. The van der Waals surface area contributed by atoms with Crippen LogP contribution in [0.4, 0.5) is 0 Å². The Morgan fingerprint density at radius 1 is 0.660 bits per heavy atom. The lowest BCUT2D eigenvalue weighted by Gasteiger charge is -2.40. The molecule has 0 aromatic carbocycles. The molecule has 0 aromatic heterocycles. The van der Waals surface area contributed by atoms with Crippen molar-refractivity contribution >= 4 is 22.1 Å². The predicted octanol–water partition coefficient (Wildman–Crippen LogP) is 6.33. The highest BCUT2D eigenvalue weighted by molar-refractivity contribution is 7.85. The second-order valence-corrected chi connectivity index (χ2v) is 15.1. The van der Waals surface area contributed by atoms with Crippen molar-refractivity contribution in [3.05, 3.63) is 12.2 Å². The van der Waals surface area contributed by atoms with Gasteiger partial charge in [-0.05, 0) is 38.5 Å². The smallest absolute Gasteiger partial charge is 0.306 e. The number of esters is 2. The van der Waals surface area contributed by atoms with E-state index in [0.29, 0.717) is 12.8 Å². The topological polar surface area (TPSA) is 186 Å². The maximum absolute atomic E-state index is 12.7. The summed E-state index contributed by atoms with van der Waals surface area (Å²) < 4.78 is 53.6. The SMILES string of the molecule is CCCCCCCCCC/C=C/CCCCCC(=O)O[C@H](COC(=O)CCCCCCCCC)CO[C@H]1O[C@H](CS(=O)(=O)O)[C@@H](O)C(O)C1O. The van der Waals surface area contributed by atoms with Crippen LogP contribution in [0.25, 0.3) is 0 Å². The summed E-state index contributed by atoms with van der Waals surface area (Å²) in [4.78, 5) is 25.1. The highest BCUT2D eigenvalue weighted by Crippen LogP contribution is 2.24. The van der Waals surface area contributed by atoms with E-state index in [1.54, 1.807) is 0 Å². The van der Waals surface area contributed by atoms with Crippen LogP contribution < -0.4 is 0 Å². The summed E-state index contributed by atoms with van der Waals surface area (Å²) in [6.45, 7) is 3.66. The number of unbranched alkanes of at least 4 members (excludes halogenated alkanes) is 17. The fourth-order valence-electron chi connectivity index (χ4n) is 5.79. The van der Waals surface area contributed by atoms with Gasteiger partial charge in [-0.1, -0.05) is 116 Å². The predicted molar refractivity (Wildman–Crippen MR) is 192 cm³/mol. The van der Waals surface area contributed by atoms with Gasteiger partial charge >= 0.3 is 11.9 Å². The largest absolute Gasteiger partial charge is 0.462 e. The molecule has 1 saturated heterocycles. The number of carbonyl (C=O) groups excluding carboxylic acids is 2. The fraction of sp³-hybridized carbons (Fsp3) is 0.892. The summed E-state index contributed by atoms with van der Waals surface area (Å²) in [6.07, 6.45) is 17.3. The molecule has 0 saturated carbocycles. The van der Waals surface area contributed by atoms with E-state index in [1.807, 2.05) is 0 Å². The minimum Gasteiger partial charge on any atom is -0.462 e. The first-order valence-electron chi connectivity index (χ1n) is 19.2. The average Bonchev–Trinajstić information content (AvgIpc) is 3.07. The second-order valence-electron chi connectivity index (χ2n) is 13.6. The van der Waals surface area contributed by atoms with E-state index in [-0.39, 0.29) is 19.4 Å². The zero-order chi connectivity index (χ0) is 37.0. The van der Waals surface area contributed by atoms with Crippen molar-refractivity contribution in [2.24, 2.45) is 0 Å². The van der Waals surface area contributed by atoms with E-state index in [2.05, 4.69) is 26.0 Å². The van der Waals surface area contributed by atoms with Crippen molar-refractivity contribution in [1.29, 1.82) is 0 Å². The molecule has 1 fully saturated rings. The van der Waals surface area contributed by atoms with Gasteiger partial charge in [-0.15, -0.1) is 0 Å². The standard InChI is InChI=1S/C37H68O12S/c1-3-5-7-9-11-12-13-14-15-16-17-18-20-22-24-26-33(39)48-30(27-46-32(38)25-23-21-19-10-8-6-4-2)28-47-37-36(42)35(41)34(40)31(49-37)29-50(43,44)45/h16-17,30-31,34-37,40-42H,3-15,18-29H2,1-2H3,(H,43,44,45)/b17-16+/t30-,31-,34-,35?,36?,37+/m1/s1. The number of aliphatic hydroxyl groups is 3. The monoisotopic (exact) mass is 736 g/mol. The van der Waals surface area contributed by atoms with Gasteiger partial charge in [0.1, 0.15) is 36.8 Å². The number of allylic oxidation sites excluding steroid dienone is 2.